The number of amides is 1. The second kappa shape index (κ2) is 7.85. The Kier molecular flexibility index (Phi) is 6.79. The average Bonchev–Trinajstić information content (AvgIpc) is 2.81. The third-order valence-corrected chi connectivity index (χ3v) is 3.97. The van der Waals surface area contributed by atoms with E-state index >= 15 is 0 Å². The summed E-state index contributed by atoms with van der Waals surface area (Å²) >= 11 is 0. The summed E-state index contributed by atoms with van der Waals surface area (Å²) in [7, 11) is 2.14. The van der Waals surface area contributed by atoms with Gasteiger partial charge in [0, 0.05) is 6.04 Å². The van der Waals surface area contributed by atoms with Gasteiger partial charge in [-0.1, -0.05) is 12.8 Å². The number of halogens is 1. The molecular weight excluding hydrogens is 252 g/mol. The van der Waals surface area contributed by atoms with Gasteiger partial charge in [0.2, 0.25) is 0 Å². The third kappa shape index (κ3) is 5.02. The lowest BCUT2D eigenvalue weighted by Crippen LogP contribution is -2.36. The lowest BCUT2D eigenvalue weighted by molar-refractivity contribution is 0.100. The molecule has 2 rings (SSSR count). The highest BCUT2D eigenvalue weighted by atomic mass is 35.5. The molecular formula is C13H25ClN2O2. The molecule has 2 fully saturated rings. The summed E-state index contributed by atoms with van der Waals surface area (Å²) in [5, 5.41) is 2.96. The average molecular weight is 277 g/mol. The quantitative estimate of drug-likeness (QED) is 0.861. The number of carbonyl (C=O) groups is 1. The fraction of sp³-hybridized carbons (Fsp3) is 0.923. The first-order valence-corrected chi connectivity index (χ1v) is 6.86. The number of carbonyl (C=O) groups excluding carboxylic acids is 1. The van der Waals surface area contributed by atoms with Crippen molar-refractivity contribution in [2.24, 2.45) is 5.92 Å². The summed E-state index contributed by atoms with van der Waals surface area (Å²) in [6.07, 6.45) is 6.78. The zero-order valence-corrected chi connectivity index (χ0v) is 12.0. The van der Waals surface area contributed by atoms with Crippen LogP contribution in [0.5, 0.6) is 0 Å². The van der Waals surface area contributed by atoms with Gasteiger partial charge < -0.3 is 15.0 Å². The van der Waals surface area contributed by atoms with Gasteiger partial charge in [-0.25, -0.2) is 4.79 Å². The smallest absolute Gasteiger partial charge is 0.407 e. The largest absolute Gasteiger partial charge is 0.449 e. The predicted octanol–water partition coefficient (Wildman–Crippen LogP) is 2.42. The van der Waals surface area contributed by atoms with E-state index in [9.17, 15) is 4.79 Å². The lowest BCUT2D eigenvalue weighted by atomic mass is 9.98. The van der Waals surface area contributed by atoms with E-state index in [1.54, 1.807) is 0 Å². The molecule has 2 aliphatic rings. The van der Waals surface area contributed by atoms with E-state index in [0.717, 1.165) is 38.8 Å². The summed E-state index contributed by atoms with van der Waals surface area (Å²) in [5.74, 6) is 0.556. The molecule has 1 N–H and O–H groups in total. The van der Waals surface area contributed by atoms with E-state index in [-0.39, 0.29) is 18.5 Å². The van der Waals surface area contributed by atoms with Gasteiger partial charge >= 0.3 is 6.09 Å². The summed E-state index contributed by atoms with van der Waals surface area (Å²) in [5.41, 5.74) is 0. The van der Waals surface area contributed by atoms with Crippen molar-refractivity contribution >= 4 is 18.5 Å². The Bertz CT molecular complexity index is 249. The van der Waals surface area contributed by atoms with E-state index < -0.39 is 0 Å². The molecule has 1 aliphatic carbocycles. The molecule has 0 aromatic carbocycles. The van der Waals surface area contributed by atoms with Crippen LogP contribution >= 0.6 is 12.4 Å². The molecule has 1 saturated heterocycles. The number of piperidine rings is 1. The van der Waals surface area contributed by atoms with Crippen molar-refractivity contribution in [3.8, 4) is 0 Å². The topological polar surface area (TPSA) is 41.6 Å². The number of hydrogen-bond acceptors (Lipinski definition) is 3. The van der Waals surface area contributed by atoms with E-state index in [0.29, 0.717) is 18.6 Å². The summed E-state index contributed by atoms with van der Waals surface area (Å²) in [6.45, 7) is 2.84. The van der Waals surface area contributed by atoms with Crippen LogP contribution < -0.4 is 5.32 Å². The molecule has 0 atom stereocenters. The molecule has 1 aliphatic heterocycles. The fourth-order valence-electron chi connectivity index (χ4n) is 2.70. The van der Waals surface area contributed by atoms with Crippen molar-refractivity contribution < 1.29 is 9.53 Å². The number of likely N-dealkylation sites (tertiary alicyclic amines) is 1. The zero-order chi connectivity index (χ0) is 12.1. The van der Waals surface area contributed by atoms with Crippen molar-refractivity contribution in [2.75, 3.05) is 26.7 Å². The molecule has 0 bridgehead atoms. The van der Waals surface area contributed by atoms with E-state index in [1.807, 2.05) is 0 Å². The number of alkyl carbamates (subject to hydrolysis) is 1. The molecule has 106 valence electrons. The fourth-order valence-corrected chi connectivity index (χ4v) is 2.70. The highest BCUT2D eigenvalue weighted by Gasteiger charge is 2.20. The summed E-state index contributed by atoms with van der Waals surface area (Å²) in [6, 6.07) is 0.361. The van der Waals surface area contributed by atoms with Crippen molar-refractivity contribution in [1.82, 2.24) is 10.2 Å². The first kappa shape index (κ1) is 15.6. The van der Waals surface area contributed by atoms with Crippen LogP contribution in [0, 0.1) is 5.92 Å². The molecule has 0 radical (unpaired) electrons. The Balaban J connectivity index is 0.00000162. The van der Waals surface area contributed by atoms with Crippen LogP contribution in [-0.2, 0) is 4.74 Å². The normalized spacial score (nSPS) is 22.5. The molecule has 1 amide bonds. The molecule has 5 heteroatoms. The van der Waals surface area contributed by atoms with E-state index in [1.165, 1.54) is 12.8 Å². The maximum Gasteiger partial charge on any atom is 0.407 e. The van der Waals surface area contributed by atoms with Crippen molar-refractivity contribution in [3.63, 3.8) is 0 Å². The summed E-state index contributed by atoms with van der Waals surface area (Å²) in [4.78, 5) is 13.9. The van der Waals surface area contributed by atoms with Crippen LogP contribution in [0.1, 0.15) is 38.5 Å². The van der Waals surface area contributed by atoms with Crippen molar-refractivity contribution in [1.29, 1.82) is 0 Å². The van der Waals surface area contributed by atoms with Crippen molar-refractivity contribution in [3.05, 3.63) is 0 Å². The Morgan fingerprint density at radius 1 is 1.22 bits per heavy atom. The van der Waals surface area contributed by atoms with Crippen LogP contribution in [0.3, 0.4) is 0 Å². The monoisotopic (exact) mass is 276 g/mol. The molecule has 18 heavy (non-hydrogen) atoms. The van der Waals surface area contributed by atoms with E-state index in [2.05, 4.69) is 17.3 Å². The van der Waals surface area contributed by atoms with Crippen LogP contribution in [0.25, 0.3) is 0 Å². The number of hydrogen-bond donors (Lipinski definition) is 1. The molecule has 1 heterocycles. The molecule has 0 spiro atoms. The SMILES string of the molecule is CN1CCC(COC(=O)NC2CCCC2)CC1.Cl. The Labute approximate surface area is 116 Å². The Hall–Kier alpha value is -0.480. The van der Waals surface area contributed by atoms with Crippen LogP contribution in [0.15, 0.2) is 0 Å². The highest BCUT2D eigenvalue weighted by molar-refractivity contribution is 5.85. The first-order chi connectivity index (χ1) is 8.24. The minimum atomic E-state index is -0.212. The zero-order valence-electron chi connectivity index (χ0n) is 11.2. The maximum absolute atomic E-state index is 11.6. The van der Waals surface area contributed by atoms with Gasteiger partial charge in [0.15, 0.2) is 0 Å². The molecule has 0 unspecified atom stereocenters. The minimum Gasteiger partial charge on any atom is -0.449 e. The molecule has 4 nitrogen and oxygen atoms in total. The lowest BCUT2D eigenvalue weighted by Gasteiger charge is -2.28. The van der Waals surface area contributed by atoms with Gasteiger partial charge in [-0.2, -0.15) is 0 Å². The van der Waals surface area contributed by atoms with Crippen molar-refractivity contribution in [2.45, 2.75) is 44.6 Å². The van der Waals surface area contributed by atoms with Crippen LogP contribution in [0.4, 0.5) is 4.79 Å². The highest BCUT2D eigenvalue weighted by Crippen LogP contribution is 2.18. The van der Waals surface area contributed by atoms with E-state index in [4.69, 9.17) is 4.74 Å². The molecule has 0 aromatic heterocycles. The van der Waals surface area contributed by atoms with Gasteiger partial charge in [0.1, 0.15) is 0 Å². The number of nitrogens with zero attached hydrogens (tertiary/aromatic N) is 1. The number of nitrogens with one attached hydrogen (secondary N) is 1. The van der Waals surface area contributed by atoms with Crippen LogP contribution in [-0.4, -0.2) is 43.8 Å². The second-order valence-corrected chi connectivity index (χ2v) is 5.47. The Morgan fingerprint density at radius 3 is 2.44 bits per heavy atom. The van der Waals surface area contributed by atoms with Gasteiger partial charge in [-0.3, -0.25) is 0 Å². The standard InChI is InChI=1S/C13H24N2O2.ClH/c1-15-8-6-11(7-9-15)10-17-13(16)14-12-4-2-3-5-12;/h11-12H,2-10H2,1H3,(H,14,16);1H. The first-order valence-electron chi connectivity index (χ1n) is 6.86. The number of rotatable bonds is 3. The second-order valence-electron chi connectivity index (χ2n) is 5.47. The van der Waals surface area contributed by atoms with Gasteiger partial charge in [0.05, 0.1) is 6.61 Å². The molecule has 0 aromatic rings. The van der Waals surface area contributed by atoms with Crippen LogP contribution in [0.2, 0.25) is 0 Å². The minimum absolute atomic E-state index is 0. The number of ether oxygens (including phenoxy) is 1. The summed E-state index contributed by atoms with van der Waals surface area (Å²) < 4.78 is 5.31. The predicted molar refractivity (Wildman–Crippen MR) is 74.2 cm³/mol. The maximum atomic E-state index is 11.6. The van der Waals surface area contributed by atoms with Gasteiger partial charge in [-0.15, -0.1) is 12.4 Å². The third-order valence-electron chi connectivity index (χ3n) is 3.97. The van der Waals surface area contributed by atoms with Gasteiger partial charge in [-0.05, 0) is 51.7 Å². The molecule has 1 saturated carbocycles. The Morgan fingerprint density at radius 2 is 1.83 bits per heavy atom. The van der Waals surface area contributed by atoms with Gasteiger partial charge in [0.25, 0.3) is 0 Å².